The Balaban J connectivity index is 1.91. The zero-order valence-corrected chi connectivity index (χ0v) is 15.5. The summed E-state index contributed by atoms with van der Waals surface area (Å²) in [7, 11) is 0. The summed E-state index contributed by atoms with van der Waals surface area (Å²) in [6.45, 7) is 1.54. The molecular weight excluding hydrogens is 418 g/mol. The number of H-pyrrole nitrogens is 1. The van der Waals surface area contributed by atoms with Gasteiger partial charge >= 0.3 is 5.69 Å². The Morgan fingerprint density at radius 1 is 1.26 bits per heavy atom. The van der Waals surface area contributed by atoms with Gasteiger partial charge in [0.2, 0.25) is 5.71 Å². The Morgan fingerprint density at radius 2 is 2.00 bits per heavy atom. The summed E-state index contributed by atoms with van der Waals surface area (Å²) in [5, 5.41) is 3.93. The Kier molecular flexibility index (Phi) is 4.04. The van der Waals surface area contributed by atoms with E-state index >= 15 is 0 Å². The topological polar surface area (TPSA) is 115 Å². The number of hydrogen-bond donors (Lipinski definition) is 2. The minimum absolute atomic E-state index is 0.0142. The van der Waals surface area contributed by atoms with Gasteiger partial charge in [0.05, 0.1) is 28.1 Å². The first kappa shape index (κ1) is 17.0. The number of furan rings is 1. The van der Waals surface area contributed by atoms with Crippen molar-refractivity contribution in [3.05, 3.63) is 79.4 Å². The molecule has 27 heavy (non-hydrogen) atoms. The predicted octanol–water partition coefficient (Wildman–Crippen LogP) is 1.92. The molecule has 1 aromatic carbocycles. The van der Waals surface area contributed by atoms with Crippen molar-refractivity contribution in [3.63, 3.8) is 0 Å². The van der Waals surface area contributed by atoms with Crippen LogP contribution in [0.4, 0.5) is 0 Å². The van der Waals surface area contributed by atoms with Crippen LogP contribution in [-0.4, -0.2) is 25.3 Å². The SMILES string of the molecule is Cc1oc2[nH]c(=O)n(-c3ccccc3)c(=O)c2c1C(=O)Nn1cc(Br)cn1. The molecule has 136 valence electrons. The highest BCUT2D eigenvalue weighted by molar-refractivity contribution is 9.10. The number of rotatable bonds is 3. The lowest BCUT2D eigenvalue weighted by molar-refractivity contribution is 0.100. The van der Waals surface area contributed by atoms with Crippen LogP contribution in [0.15, 0.2) is 61.2 Å². The van der Waals surface area contributed by atoms with Crippen molar-refractivity contribution in [2.24, 2.45) is 0 Å². The second kappa shape index (κ2) is 6.40. The van der Waals surface area contributed by atoms with Gasteiger partial charge in [-0.05, 0) is 35.0 Å². The van der Waals surface area contributed by atoms with Gasteiger partial charge in [-0.25, -0.2) is 14.8 Å². The monoisotopic (exact) mass is 429 g/mol. The maximum Gasteiger partial charge on any atom is 0.335 e. The molecule has 3 heterocycles. The number of aryl methyl sites for hydroxylation is 1. The van der Waals surface area contributed by atoms with Crippen molar-refractivity contribution in [3.8, 4) is 5.69 Å². The molecule has 10 heteroatoms. The van der Waals surface area contributed by atoms with Crippen molar-refractivity contribution in [1.82, 2.24) is 19.4 Å². The second-order valence-electron chi connectivity index (χ2n) is 5.69. The molecule has 1 amide bonds. The first-order valence-corrected chi connectivity index (χ1v) is 8.60. The molecule has 0 aliphatic rings. The van der Waals surface area contributed by atoms with E-state index in [2.05, 4.69) is 31.4 Å². The third kappa shape index (κ3) is 2.89. The van der Waals surface area contributed by atoms with E-state index in [0.717, 1.165) is 4.57 Å². The highest BCUT2D eigenvalue weighted by atomic mass is 79.9. The van der Waals surface area contributed by atoms with Crippen molar-refractivity contribution in [2.75, 3.05) is 5.43 Å². The van der Waals surface area contributed by atoms with Gasteiger partial charge in [0.15, 0.2) is 0 Å². The molecular formula is C17H12BrN5O4. The highest BCUT2D eigenvalue weighted by Crippen LogP contribution is 2.21. The number of carbonyl (C=O) groups is 1. The van der Waals surface area contributed by atoms with Crippen molar-refractivity contribution in [2.45, 2.75) is 6.92 Å². The number of benzene rings is 1. The van der Waals surface area contributed by atoms with Crippen LogP contribution >= 0.6 is 15.9 Å². The summed E-state index contributed by atoms with van der Waals surface area (Å²) < 4.78 is 7.08. The van der Waals surface area contributed by atoms with E-state index in [9.17, 15) is 14.4 Å². The number of halogens is 1. The lowest BCUT2D eigenvalue weighted by atomic mass is 10.2. The quantitative estimate of drug-likeness (QED) is 0.516. The van der Waals surface area contributed by atoms with Crippen molar-refractivity contribution < 1.29 is 9.21 Å². The number of aromatic amines is 1. The molecule has 4 rings (SSSR count). The Hall–Kier alpha value is -3.40. The van der Waals surface area contributed by atoms with Crippen LogP contribution in [-0.2, 0) is 0 Å². The van der Waals surface area contributed by atoms with Crippen LogP contribution in [0.5, 0.6) is 0 Å². The van der Waals surface area contributed by atoms with Crippen LogP contribution in [0, 0.1) is 6.92 Å². The Labute approximate surface area is 159 Å². The van der Waals surface area contributed by atoms with Gasteiger partial charge in [0.25, 0.3) is 11.5 Å². The summed E-state index contributed by atoms with van der Waals surface area (Å²) in [6.07, 6.45) is 3.04. The molecule has 0 aliphatic heterocycles. The van der Waals surface area contributed by atoms with Crippen LogP contribution in [0.1, 0.15) is 16.1 Å². The van der Waals surface area contributed by atoms with Gasteiger partial charge in [0, 0.05) is 0 Å². The van der Waals surface area contributed by atoms with E-state index in [4.69, 9.17) is 4.42 Å². The van der Waals surface area contributed by atoms with Crippen LogP contribution in [0.2, 0.25) is 0 Å². The Morgan fingerprint density at radius 3 is 2.67 bits per heavy atom. The summed E-state index contributed by atoms with van der Waals surface area (Å²) >= 11 is 3.23. The summed E-state index contributed by atoms with van der Waals surface area (Å²) in [4.78, 5) is 41.8. The molecule has 0 atom stereocenters. The first-order chi connectivity index (χ1) is 13.0. The van der Waals surface area contributed by atoms with Crippen LogP contribution in [0.3, 0.4) is 0 Å². The number of fused-ring (bicyclic) bond motifs is 1. The Bertz CT molecular complexity index is 1280. The molecule has 0 aliphatic carbocycles. The number of nitrogens with one attached hydrogen (secondary N) is 2. The zero-order valence-electron chi connectivity index (χ0n) is 13.9. The molecule has 0 radical (unpaired) electrons. The van der Waals surface area contributed by atoms with Gasteiger partial charge in [-0.3, -0.25) is 14.6 Å². The van der Waals surface area contributed by atoms with E-state index in [1.807, 2.05) is 0 Å². The number of para-hydroxylation sites is 1. The van der Waals surface area contributed by atoms with E-state index in [-0.39, 0.29) is 22.4 Å². The van der Waals surface area contributed by atoms with E-state index < -0.39 is 17.2 Å². The third-order valence-corrected chi connectivity index (χ3v) is 4.34. The number of hydrogen-bond acceptors (Lipinski definition) is 5. The van der Waals surface area contributed by atoms with E-state index in [0.29, 0.717) is 10.2 Å². The number of amides is 1. The maximum atomic E-state index is 13.0. The minimum Gasteiger partial charge on any atom is -0.444 e. The first-order valence-electron chi connectivity index (χ1n) is 7.81. The molecule has 3 aromatic heterocycles. The lowest BCUT2D eigenvalue weighted by Crippen LogP contribution is -2.34. The average molecular weight is 430 g/mol. The lowest BCUT2D eigenvalue weighted by Gasteiger charge is -2.06. The average Bonchev–Trinajstić information content (AvgIpc) is 3.18. The fourth-order valence-electron chi connectivity index (χ4n) is 2.80. The van der Waals surface area contributed by atoms with Crippen molar-refractivity contribution >= 4 is 32.9 Å². The summed E-state index contributed by atoms with van der Waals surface area (Å²) in [5.74, 6) is -0.391. The molecule has 0 saturated heterocycles. The molecule has 9 nitrogen and oxygen atoms in total. The third-order valence-electron chi connectivity index (χ3n) is 3.93. The summed E-state index contributed by atoms with van der Waals surface area (Å²) in [5.41, 5.74) is 1.59. The van der Waals surface area contributed by atoms with Gasteiger partial charge in [0.1, 0.15) is 11.1 Å². The second-order valence-corrected chi connectivity index (χ2v) is 6.60. The largest absolute Gasteiger partial charge is 0.444 e. The van der Waals surface area contributed by atoms with Crippen LogP contribution in [0.25, 0.3) is 16.8 Å². The molecule has 4 aromatic rings. The van der Waals surface area contributed by atoms with Gasteiger partial charge in [-0.2, -0.15) is 9.89 Å². The van der Waals surface area contributed by atoms with Crippen LogP contribution < -0.4 is 16.7 Å². The summed E-state index contributed by atoms with van der Waals surface area (Å²) in [6, 6.07) is 8.42. The fraction of sp³-hybridized carbons (Fsp3) is 0.0588. The smallest absolute Gasteiger partial charge is 0.335 e. The molecule has 0 fully saturated rings. The fourth-order valence-corrected chi connectivity index (χ4v) is 3.09. The maximum absolute atomic E-state index is 13.0. The number of aromatic nitrogens is 4. The minimum atomic E-state index is -0.657. The molecule has 0 bridgehead atoms. The van der Waals surface area contributed by atoms with Crippen molar-refractivity contribution in [1.29, 1.82) is 0 Å². The highest BCUT2D eigenvalue weighted by Gasteiger charge is 2.24. The zero-order chi connectivity index (χ0) is 19.1. The van der Waals surface area contributed by atoms with E-state index in [1.54, 1.807) is 43.5 Å². The van der Waals surface area contributed by atoms with Gasteiger partial charge < -0.3 is 4.42 Å². The molecule has 0 unspecified atom stereocenters. The van der Waals surface area contributed by atoms with Gasteiger partial charge in [-0.1, -0.05) is 18.2 Å². The molecule has 0 spiro atoms. The predicted molar refractivity (Wildman–Crippen MR) is 101 cm³/mol. The molecule has 2 N–H and O–H groups in total. The number of carbonyl (C=O) groups excluding carboxylic acids is 1. The number of nitrogens with zero attached hydrogens (tertiary/aromatic N) is 3. The van der Waals surface area contributed by atoms with Gasteiger partial charge in [-0.15, -0.1) is 0 Å². The molecule has 0 saturated carbocycles. The van der Waals surface area contributed by atoms with E-state index in [1.165, 1.54) is 11.0 Å². The standard InChI is InChI=1S/C17H12BrN5O4/c1-9-12(14(24)21-22-8-10(18)7-19-22)13-15(27-9)20-17(26)23(16(13)25)11-5-3-2-4-6-11/h2-8H,1H3,(H,20,26)(H,21,24). The normalized spacial score (nSPS) is 11.0.